The Bertz CT molecular complexity index is 606. The molecule has 0 unspecified atom stereocenters. The summed E-state index contributed by atoms with van der Waals surface area (Å²) >= 11 is 1.72. The van der Waals surface area contributed by atoms with Gasteiger partial charge in [0.2, 0.25) is 0 Å². The van der Waals surface area contributed by atoms with E-state index in [9.17, 15) is 0 Å². The van der Waals surface area contributed by atoms with Crippen molar-refractivity contribution >= 4 is 47.0 Å². The molecule has 0 radical (unpaired) electrons. The Balaban J connectivity index is 0.00000288. The summed E-state index contributed by atoms with van der Waals surface area (Å²) in [7, 11) is 3.45. The first-order chi connectivity index (χ1) is 11.3. The molecule has 1 heterocycles. The van der Waals surface area contributed by atoms with Crippen molar-refractivity contribution in [2.75, 3.05) is 32.7 Å². The highest BCUT2D eigenvalue weighted by atomic mass is 127. The Hall–Kier alpha value is -1.32. The number of hydrogen-bond acceptors (Lipinski definition) is 4. The third-order valence-corrected chi connectivity index (χ3v) is 3.97. The number of hydrogen-bond donors (Lipinski definition) is 2. The number of ether oxygens (including phenoxy) is 2. The number of nitrogens with zero attached hydrogens (tertiary/aromatic N) is 1. The van der Waals surface area contributed by atoms with E-state index in [2.05, 4.69) is 27.1 Å². The van der Waals surface area contributed by atoms with E-state index in [0.717, 1.165) is 30.4 Å². The molecule has 24 heavy (non-hydrogen) atoms. The number of benzene rings is 1. The molecule has 0 fully saturated rings. The van der Waals surface area contributed by atoms with E-state index >= 15 is 0 Å². The standard InChI is InChI=1S/C17H23N3O2S.HI/c1-18-17(19-13-16-8-4-11-23-16)20-14-6-3-7-15(12-14)22-10-5-9-21-2;/h3-4,6-8,11-12H,5,9-10,13H2,1-2H3,(H2,18,19,20);1H. The third kappa shape index (κ3) is 7.50. The smallest absolute Gasteiger partial charge is 0.195 e. The normalized spacial score (nSPS) is 10.8. The van der Waals surface area contributed by atoms with Crippen LogP contribution in [0.25, 0.3) is 0 Å². The molecule has 0 spiro atoms. The Morgan fingerprint density at radius 3 is 2.79 bits per heavy atom. The summed E-state index contributed by atoms with van der Waals surface area (Å²) in [6.07, 6.45) is 0.873. The number of nitrogens with one attached hydrogen (secondary N) is 2. The van der Waals surface area contributed by atoms with Crippen LogP contribution < -0.4 is 15.4 Å². The summed E-state index contributed by atoms with van der Waals surface area (Å²) in [6, 6.07) is 12.0. The summed E-state index contributed by atoms with van der Waals surface area (Å²) < 4.78 is 10.7. The average Bonchev–Trinajstić information content (AvgIpc) is 3.09. The molecule has 5 nitrogen and oxygen atoms in total. The Labute approximate surface area is 164 Å². The van der Waals surface area contributed by atoms with Crippen molar-refractivity contribution in [3.05, 3.63) is 46.7 Å². The number of rotatable bonds is 8. The maximum atomic E-state index is 5.70. The molecule has 132 valence electrons. The van der Waals surface area contributed by atoms with Crippen LogP contribution in [0.3, 0.4) is 0 Å². The molecule has 2 aromatic rings. The van der Waals surface area contributed by atoms with Crippen LogP contribution in [0.2, 0.25) is 0 Å². The van der Waals surface area contributed by atoms with Crippen LogP contribution in [0.1, 0.15) is 11.3 Å². The van der Waals surface area contributed by atoms with Gasteiger partial charge in [0, 0.05) is 43.8 Å². The van der Waals surface area contributed by atoms with Crippen molar-refractivity contribution in [2.45, 2.75) is 13.0 Å². The molecule has 1 aromatic carbocycles. The fourth-order valence-electron chi connectivity index (χ4n) is 1.96. The predicted octanol–water partition coefficient (Wildman–Crippen LogP) is 3.97. The van der Waals surface area contributed by atoms with Crippen LogP contribution in [-0.4, -0.2) is 33.3 Å². The molecule has 0 saturated carbocycles. The first kappa shape index (κ1) is 20.7. The fraction of sp³-hybridized carbons (Fsp3) is 0.353. The van der Waals surface area contributed by atoms with Crippen LogP contribution in [0.4, 0.5) is 5.69 Å². The van der Waals surface area contributed by atoms with Crippen LogP contribution in [0, 0.1) is 0 Å². The zero-order valence-electron chi connectivity index (χ0n) is 14.0. The van der Waals surface area contributed by atoms with Gasteiger partial charge in [-0.15, -0.1) is 35.3 Å². The van der Waals surface area contributed by atoms with Crippen molar-refractivity contribution in [3.8, 4) is 5.75 Å². The van der Waals surface area contributed by atoms with Gasteiger partial charge in [-0.2, -0.15) is 0 Å². The zero-order chi connectivity index (χ0) is 16.3. The molecule has 0 aliphatic carbocycles. The van der Waals surface area contributed by atoms with E-state index in [1.54, 1.807) is 25.5 Å². The quantitative estimate of drug-likeness (QED) is 0.271. The highest BCUT2D eigenvalue weighted by Crippen LogP contribution is 2.17. The molecule has 0 saturated heterocycles. The fourth-order valence-corrected chi connectivity index (χ4v) is 2.60. The third-order valence-electron chi connectivity index (χ3n) is 3.09. The largest absolute Gasteiger partial charge is 0.493 e. The Morgan fingerprint density at radius 2 is 2.08 bits per heavy atom. The summed E-state index contributed by atoms with van der Waals surface area (Å²) in [5, 5.41) is 8.63. The van der Waals surface area contributed by atoms with Gasteiger partial charge in [0.1, 0.15) is 5.75 Å². The van der Waals surface area contributed by atoms with Crippen LogP contribution >= 0.6 is 35.3 Å². The highest BCUT2D eigenvalue weighted by molar-refractivity contribution is 14.0. The monoisotopic (exact) mass is 461 g/mol. The molecule has 2 N–H and O–H groups in total. The number of halogens is 1. The first-order valence-electron chi connectivity index (χ1n) is 7.53. The van der Waals surface area contributed by atoms with Gasteiger partial charge >= 0.3 is 0 Å². The SMILES string of the molecule is CN=C(NCc1cccs1)Nc1cccc(OCCCOC)c1.I. The highest BCUT2D eigenvalue weighted by Gasteiger charge is 2.02. The number of thiophene rings is 1. The number of aliphatic imine (C=N–C) groups is 1. The van der Waals surface area contributed by atoms with Gasteiger partial charge in [0.15, 0.2) is 5.96 Å². The van der Waals surface area contributed by atoms with E-state index in [-0.39, 0.29) is 24.0 Å². The summed E-state index contributed by atoms with van der Waals surface area (Å²) in [5.41, 5.74) is 0.938. The van der Waals surface area contributed by atoms with Crippen molar-refractivity contribution < 1.29 is 9.47 Å². The van der Waals surface area contributed by atoms with Crippen molar-refractivity contribution in [2.24, 2.45) is 4.99 Å². The lowest BCUT2D eigenvalue weighted by atomic mass is 10.3. The van der Waals surface area contributed by atoms with Crippen molar-refractivity contribution in [1.29, 1.82) is 0 Å². The summed E-state index contributed by atoms with van der Waals surface area (Å²) in [4.78, 5) is 5.51. The molecule has 0 bridgehead atoms. The van der Waals surface area contributed by atoms with Gasteiger partial charge < -0.3 is 20.1 Å². The van der Waals surface area contributed by atoms with Crippen LogP contribution in [0.5, 0.6) is 5.75 Å². The molecule has 0 atom stereocenters. The number of guanidine groups is 1. The van der Waals surface area contributed by atoms with E-state index in [4.69, 9.17) is 9.47 Å². The predicted molar refractivity (Wildman–Crippen MR) is 112 cm³/mol. The molecule has 0 aliphatic heterocycles. The van der Waals surface area contributed by atoms with Crippen molar-refractivity contribution in [3.63, 3.8) is 0 Å². The number of anilines is 1. The minimum absolute atomic E-state index is 0. The maximum Gasteiger partial charge on any atom is 0.195 e. The van der Waals surface area contributed by atoms with Crippen LogP contribution in [-0.2, 0) is 11.3 Å². The molecule has 0 amide bonds. The molecule has 1 aromatic heterocycles. The minimum atomic E-state index is 0. The van der Waals surface area contributed by atoms with Gasteiger partial charge in [0.25, 0.3) is 0 Å². The molecule has 0 aliphatic rings. The second-order valence-corrected chi connectivity index (χ2v) is 5.89. The zero-order valence-corrected chi connectivity index (χ0v) is 17.1. The van der Waals surface area contributed by atoms with E-state index < -0.39 is 0 Å². The summed E-state index contributed by atoms with van der Waals surface area (Å²) in [5.74, 6) is 1.56. The van der Waals surface area contributed by atoms with E-state index in [1.807, 2.05) is 30.3 Å². The molecular weight excluding hydrogens is 437 g/mol. The Morgan fingerprint density at radius 1 is 1.21 bits per heavy atom. The minimum Gasteiger partial charge on any atom is -0.493 e. The summed E-state index contributed by atoms with van der Waals surface area (Å²) in [6.45, 7) is 2.10. The van der Waals surface area contributed by atoms with Crippen molar-refractivity contribution in [1.82, 2.24) is 5.32 Å². The topological polar surface area (TPSA) is 54.9 Å². The molecule has 7 heteroatoms. The molecule has 2 rings (SSSR count). The van der Waals surface area contributed by atoms with E-state index in [0.29, 0.717) is 13.2 Å². The lowest BCUT2D eigenvalue weighted by Gasteiger charge is -2.12. The average molecular weight is 461 g/mol. The van der Waals surface area contributed by atoms with Gasteiger partial charge in [-0.25, -0.2) is 0 Å². The van der Waals surface area contributed by atoms with Gasteiger partial charge in [-0.05, 0) is 23.6 Å². The maximum absolute atomic E-state index is 5.70. The van der Waals surface area contributed by atoms with Gasteiger partial charge in [-0.1, -0.05) is 12.1 Å². The molecular formula is C17H24IN3O2S. The van der Waals surface area contributed by atoms with E-state index in [1.165, 1.54) is 4.88 Å². The lowest BCUT2D eigenvalue weighted by Crippen LogP contribution is -2.29. The second kappa shape index (κ2) is 12.1. The lowest BCUT2D eigenvalue weighted by molar-refractivity contribution is 0.172. The van der Waals surface area contributed by atoms with Gasteiger partial charge in [0.05, 0.1) is 13.2 Å². The first-order valence-corrected chi connectivity index (χ1v) is 8.41. The van der Waals surface area contributed by atoms with Gasteiger partial charge in [-0.3, -0.25) is 4.99 Å². The number of methoxy groups -OCH3 is 1. The van der Waals surface area contributed by atoms with Crippen LogP contribution in [0.15, 0.2) is 46.8 Å². The second-order valence-electron chi connectivity index (χ2n) is 4.85. The Kier molecular flexibility index (Phi) is 10.4.